The van der Waals surface area contributed by atoms with Crippen LogP contribution in [0.5, 0.6) is 5.75 Å². The number of carboxylic acid groups (broad SMARTS) is 1. The molecule has 2 heterocycles. The summed E-state index contributed by atoms with van der Waals surface area (Å²) >= 11 is 1.37. The van der Waals surface area contributed by atoms with Crippen LogP contribution in [-0.4, -0.2) is 54.0 Å². The van der Waals surface area contributed by atoms with Crippen molar-refractivity contribution >= 4 is 34.8 Å². The van der Waals surface area contributed by atoms with Crippen molar-refractivity contribution in [1.29, 1.82) is 0 Å². The van der Waals surface area contributed by atoms with Gasteiger partial charge in [-0.1, -0.05) is 6.07 Å². The Hall–Kier alpha value is -2.87. The SMILES string of the molecule is CN(C(=O)C1CCCN1C(=O)c1cccs1)c1ccc(OCC(=O)O)cc1. The number of hydrogen-bond acceptors (Lipinski definition) is 5. The fraction of sp³-hybridized carbons (Fsp3) is 0.316. The van der Waals surface area contributed by atoms with Crippen molar-refractivity contribution in [2.75, 3.05) is 25.1 Å². The summed E-state index contributed by atoms with van der Waals surface area (Å²) in [5.41, 5.74) is 0.651. The van der Waals surface area contributed by atoms with Crippen LogP contribution in [0.3, 0.4) is 0 Å². The van der Waals surface area contributed by atoms with Crippen LogP contribution in [0.15, 0.2) is 41.8 Å². The van der Waals surface area contributed by atoms with Gasteiger partial charge in [-0.05, 0) is 48.6 Å². The second-order valence-electron chi connectivity index (χ2n) is 6.21. The summed E-state index contributed by atoms with van der Waals surface area (Å²) < 4.78 is 5.10. The fourth-order valence-electron chi connectivity index (χ4n) is 3.07. The third kappa shape index (κ3) is 4.28. The Morgan fingerprint density at radius 2 is 2.00 bits per heavy atom. The standard InChI is InChI=1S/C19H20N2O5S/c1-20(13-6-8-14(9-7-13)26-12-17(22)23)18(24)15-4-2-10-21(15)19(25)16-5-3-11-27-16/h3,5-9,11,15H,2,4,10,12H2,1H3,(H,22,23). The van der Waals surface area contributed by atoms with Crippen LogP contribution < -0.4 is 9.64 Å². The number of carbonyl (C=O) groups excluding carboxylic acids is 2. The van der Waals surface area contributed by atoms with E-state index >= 15 is 0 Å². The number of anilines is 1. The molecule has 1 saturated heterocycles. The number of carboxylic acids is 1. The second kappa shape index (κ2) is 8.22. The smallest absolute Gasteiger partial charge is 0.341 e. The summed E-state index contributed by atoms with van der Waals surface area (Å²) in [7, 11) is 1.67. The quantitative estimate of drug-likeness (QED) is 0.821. The van der Waals surface area contributed by atoms with Crippen LogP contribution in [0.1, 0.15) is 22.5 Å². The molecule has 2 aromatic rings. The first-order valence-electron chi connectivity index (χ1n) is 8.54. The van der Waals surface area contributed by atoms with Gasteiger partial charge in [-0.3, -0.25) is 9.59 Å². The minimum atomic E-state index is -1.05. The van der Waals surface area contributed by atoms with Crippen LogP contribution in [0.25, 0.3) is 0 Å². The predicted octanol–water partition coefficient (Wildman–Crippen LogP) is 2.48. The van der Waals surface area contributed by atoms with Crippen molar-refractivity contribution in [2.45, 2.75) is 18.9 Å². The van der Waals surface area contributed by atoms with Crippen LogP contribution in [0, 0.1) is 0 Å². The maximum atomic E-state index is 13.0. The lowest BCUT2D eigenvalue weighted by Gasteiger charge is -2.28. The summed E-state index contributed by atoms with van der Waals surface area (Å²) in [6.45, 7) is 0.152. The number of amides is 2. The first kappa shape index (κ1) is 18.9. The Morgan fingerprint density at radius 1 is 1.26 bits per heavy atom. The van der Waals surface area contributed by atoms with Gasteiger partial charge in [-0.2, -0.15) is 0 Å². The maximum absolute atomic E-state index is 13.0. The summed E-state index contributed by atoms with van der Waals surface area (Å²) in [4.78, 5) is 40.0. The third-order valence-electron chi connectivity index (χ3n) is 4.45. The zero-order valence-electron chi connectivity index (χ0n) is 14.8. The lowest BCUT2D eigenvalue weighted by Crippen LogP contribution is -2.46. The summed E-state index contributed by atoms with van der Waals surface area (Å²) in [5, 5.41) is 10.5. The zero-order valence-corrected chi connectivity index (χ0v) is 15.6. The Morgan fingerprint density at radius 3 is 2.63 bits per heavy atom. The minimum Gasteiger partial charge on any atom is -0.482 e. The molecule has 8 heteroatoms. The molecule has 0 radical (unpaired) electrons. The van der Waals surface area contributed by atoms with Crippen LogP contribution in [-0.2, 0) is 9.59 Å². The van der Waals surface area contributed by atoms with E-state index in [4.69, 9.17) is 9.84 Å². The molecule has 1 aromatic heterocycles. The zero-order chi connectivity index (χ0) is 19.4. The summed E-state index contributed by atoms with van der Waals surface area (Å²) in [6, 6.07) is 9.73. The molecule has 0 spiro atoms. The third-order valence-corrected chi connectivity index (χ3v) is 5.31. The first-order chi connectivity index (χ1) is 13.0. The largest absolute Gasteiger partial charge is 0.482 e. The van der Waals surface area contributed by atoms with Gasteiger partial charge in [0.25, 0.3) is 5.91 Å². The average molecular weight is 388 g/mol. The van der Waals surface area contributed by atoms with Crippen LogP contribution >= 0.6 is 11.3 Å². The number of likely N-dealkylation sites (tertiary alicyclic amines) is 1. The molecule has 1 N–H and O–H groups in total. The van der Waals surface area contributed by atoms with Crippen molar-refractivity contribution in [2.24, 2.45) is 0 Å². The fourth-order valence-corrected chi connectivity index (χ4v) is 3.75. The van der Waals surface area contributed by atoms with E-state index in [1.165, 1.54) is 16.2 Å². The number of benzene rings is 1. The molecule has 0 bridgehead atoms. The topological polar surface area (TPSA) is 87.2 Å². The number of rotatable bonds is 6. The average Bonchev–Trinajstić information content (AvgIpc) is 3.36. The number of thiophene rings is 1. The van der Waals surface area contributed by atoms with Gasteiger partial charge < -0.3 is 19.6 Å². The number of nitrogens with zero attached hydrogens (tertiary/aromatic N) is 2. The first-order valence-corrected chi connectivity index (χ1v) is 9.42. The van der Waals surface area contributed by atoms with Gasteiger partial charge in [0.05, 0.1) is 4.88 Å². The Kier molecular flexibility index (Phi) is 5.75. The van der Waals surface area contributed by atoms with E-state index < -0.39 is 18.6 Å². The van der Waals surface area contributed by atoms with E-state index in [-0.39, 0.29) is 11.8 Å². The molecule has 2 amide bonds. The van der Waals surface area contributed by atoms with E-state index in [1.807, 2.05) is 11.4 Å². The molecule has 1 atom stereocenters. The van der Waals surface area contributed by atoms with Gasteiger partial charge >= 0.3 is 5.97 Å². The molecule has 1 fully saturated rings. The molecule has 1 aliphatic rings. The lowest BCUT2D eigenvalue weighted by molar-refractivity contribution is -0.139. The minimum absolute atomic E-state index is 0.105. The maximum Gasteiger partial charge on any atom is 0.341 e. The second-order valence-corrected chi connectivity index (χ2v) is 7.16. The number of ether oxygens (including phenoxy) is 1. The number of hydrogen-bond donors (Lipinski definition) is 1. The summed E-state index contributed by atoms with van der Waals surface area (Å²) in [6.07, 6.45) is 1.43. The normalized spacial score (nSPS) is 16.2. The number of likely N-dealkylation sites (N-methyl/N-ethyl adjacent to an activating group) is 1. The van der Waals surface area contributed by atoms with Crippen LogP contribution in [0.4, 0.5) is 5.69 Å². The van der Waals surface area contributed by atoms with E-state index in [0.29, 0.717) is 29.3 Å². The molecule has 7 nitrogen and oxygen atoms in total. The van der Waals surface area contributed by atoms with E-state index in [9.17, 15) is 14.4 Å². The highest BCUT2D eigenvalue weighted by Crippen LogP contribution is 2.26. The molecule has 1 aliphatic heterocycles. The van der Waals surface area contributed by atoms with Gasteiger partial charge in [-0.15, -0.1) is 11.3 Å². The molecule has 3 rings (SSSR count). The van der Waals surface area contributed by atoms with Gasteiger partial charge in [0.2, 0.25) is 5.91 Å². The van der Waals surface area contributed by atoms with Gasteiger partial charge in [0.1, 0.15) is 11.8 Å². The molecule has 27 heavy (non-hydrogen) atoms. The molecular weight excluding hydrogens is 368 g/mol. The molecular formula is C19H20N2O5S. The van der Waals surface area contributed by atoms with Gasteiger partial charge in [0.15, 0.2) is 6.61 Å². The van der Waals surface area contributed by atoms with Crippen molar-refractivity contribution in [3.05, 3.63) is 46.7 Å². The van der Waals surface area contributed by atoms with Gasteiger partial charge in [-0.25, -0.2) is 4.79 Å². The molecule has 0 aliphatic carbocycles. The van der Waals surface area contributed by atoms with Crippen molar-refractivity contribution in [3.63, 3.8) is 0 Å². The number of aliphatic carboxylic acids is 1. The van der Waals surface area contributed by atoms with E-state index in [0.717, 1.165) is 6.42 Å². The summed E-state index contributed by atoms with van der Waals surface area (Å²) in [5.74, 6) is -0.885. The molecule has 0 saturated carbocycles. The van der Waals surface area contributed by atoms with Crippen molar-refractivity contribution < 1.29 is 24.2 Å². The monoisotopic (exact) mass is 388 g/mol. The lowest BCUT2D eigenvalue weighted by atomic mass is 10.1. The van der Waals surface area contributed by atoms with Crippen LogP contribution in [0.2, 0.25) is 0 Å². The Balaban J connectivity index is 1.68. The number of carbonyl (C=O) groups is 3. The Labute approximate surface area is 160 Å². The molecule has 1 unspecified atom stereocenters. The van der Waals surface area contributed by atoms with E-state index in [1.54, 1.807) is 42.3 Å². The molecule has 142 valence electrons. The highest BCUT2D eigenvalue weighted by molar-refractivity contribution is 7.12. The predicted molar refractivity (Wildman–Crippen MR) is 101 cm³/mol. The molecule has 1 aromatic carbocycles. The van der Waals surface area contributed by atoms with Gasteiger partial charge in [0, 0.05) is 19.3 Å². The van der Waals surface area contributed by atoms with Crippen molar-refractivity contribution in [3.8, 4) is 5.75 Å². The van der Waals surface area contributed by atoms with E-state index in [2.05, 4.69) is 0 Å². The Bertz CT molecular complexity index is 819. The highest BCUT2D eigenvalue weighted by atomic mass is 32.1. The van der Waals surface area contributed by atoms with Crippen molar-refractivity contribution in [1.82, 2.24) is 4.90 Å². The highest BCUT2D eigenvalue weighted by Gasteiger charge is 2.36.